The van der Waals surface area contributed by atoms with E-state index in [9.17, 15) is 22.8 Å². The highest BCUT2D eigenvalue weighted by Gasteiger charge is 2.30. The molecule has 1 aromatic heterocycles. The maximum absolute atomic E-state index is 12.2. The van der Waals surface area contributed by atoms with E-state index in [1.54, 1.807) is 0 Å². The van der Waals surface area contributed by atoms with Crippen LogP contribution in [0.15, 0.2) is 18.3 Å². The smallest absolute Gasteiger partial charge is 0.300 e. The van der Waals surface area contributed by atoms with Crippen molar-refractivity contribution >= 4 is 11.6 Å². The fourth-order valence-corrected chi connectivity index (χ4v) is 1.35. The molecule has 0 N–H and O–H groups in total. The van der Waals surface area contributed by atoms with Crippen molar-refractivity contribution in [2.24, 2.45) is 0 Å². The van der Waals surface area contributed by atoms with E-state index in [0.29, 0.717) is 12.6 Å². The Kier molecular flexibility index (Phi) is 4.58. The van der Waals surface area contributed by atoms with Crippen LogP contribution in [0.2, 0.25) is 0 Å². The van der Waals surface area contributed by atoms with Gasteiger partial charge in [-0.25, -0.2) is 0 Å². The summed E-state index contributed by atoms with van der Waals surface area (Å²) in [5.74, 6) is -0.381. The Morgan fingerprint density at radius 2 is 1.89 bits per heavy atom. The summed E-state index contributed by atoms with van der Waals surface area (Å²) in [5.41, 5.74) is -0.894. The van der Waals surface area contributed by atoms with Gasteiger partial charge < -0.3 is 4.79 Å². The van der Waals surface area contributed by atoms with Crippen molar-refractivity contribution in [3.05, 3.63) is 29.6 Å². The number of alkyl halides is 3. The van der Waals surface area contributed by atoms with Crippen LogP contribution in [-0.2, 0) is 11.0 Å². The van der Waals surface area contributed by atoms with Gasteiger partial charge >= 0.3 is 6.18 Å². The van der Waals surface area contributed by atoms with E-state index in [1.807, 2.05) is 0 Å². The van der Waals surface area contributed by atoms with E-state index in [0.717, 1.165) is 12.1 Å². The van der Waals surface area contributed by atoms with Gasteiger partial charge in [0.05, 0.1) is 5.56 Å². The third-order valence-electron chi connectivity index (χ3n) is 2.31. The third kappa shape index (κ3) is 4.27. The lowest BCUT2D eigenvalue weighted by molar-refractivity contribution is -0.137. The third-order valence-corrected chi connectivity index (χ3v) is 2.31. The number of pyridine rings is 1. The lowest BCUT2D eigenvalue weighted by Crippen LogP contribution is -2.08. The summed E-state index contributed by atoms with van der Waals surface area (Å²) in [7, 11) is 0. The largest absolute Gasteiger partial charge is 0.417 e. The van der Waals surface area contributed by atoms with Gasteiger partial charge in [0, 0.05) is 19.0 Å². The van der Waals surface area contributed by atoms with Gasteiger partial charge in [-0.2, -0.15) is 13.2 Å². The summed E-state index contributed by atoms with van der Waals surface area (Å²) >= 11 is 0. The van der Waals surface area contributed by atoms with Crippen LogP contribution in [0.1, 0.15) is 42.2 Å². The Hall–Kier alpha value is -1.72. The second kappa shape index (κ2) is 5.75. The van der Waals surface area contributed by atoms with Crippen molar-refractivity contribution in [1.29, 1.82) is 0 Å². The fourth-order valence-electron chi connectivity index (χ4n) is 1.35. The average molecular weight is 259 g/mol. The molecule has 0 atom stereocenters. The molecular weight excluding hydrogens is 247 g/mol. The first-order valence-corrected chi connectivity index (χ1v) is 5.36. The molecule has 0 aliphatic rings. The molecule has 0 amide bonds. The molecule has 3 nitrogen and oxygen atoms in total. The monoisotopic (exact) mass is 259 g/mol. The first-order valence-electron chi connectivity index (χ1n) is 5.36. The molecule has 0 spiro atoms. The second-order valence-corrected chi connectivity index (χ2v) is 3.91. The number of carbonyl (C=O) groups is 2. The first kappa shape index (κ1) is 14.3. The topological polar surface area (TPSA) is 47.0 Å². The number of halogens is 3. The number of carbonyl (C=O) groups excluding carboxylic acids is 2. The molecule has 1 rings (SSSR count). The van der Waals surface area contributed by atoms with Crippen molar-refractivity contribution in [2.75, 3.05) is 0 Å². The van der Waals surface area contributed by atoms with Gasteiger partial charge in [0.15, 0.2) is 5.78 Å². The maximum atomic E-state index is 12.2. The molecule has 98 valence electrons. The Bertz CT molecular complexity index is 438. The highest BCUT2D eigenvalue weighted by Crippen LogP contribution is 2.28. The molecule has 1 aromatic rings. The average Bonchev–Trinajstić information content (AvgIpc) is 2.27. The Morgan fingerprint density at radius 3 is 2.33 bits per heavy atom. The van der Waals surface area contributed by atoms with Crippen molar-refractivity contribution in [2.45, 2.75) is 32.4 Å². The number of hydrogen-bond donors (Lipinski definition) is 0. The minimum Gasteiger partial charge on any atom is -0.300 e. The molecule has 0 aliphatic carbocycles. The van der Waals surface area contributed by atoms with Crippen molar-refractivity contribution in [3.63, 3.8) is 0 Å². The van der Waals surface area contributed by atoms with Crippen LogP contribution in [0.3, 0.4) is 0 Å². The van der Waals surface area contributed by atoms with Gasteiger partial charge in [-0.15, -0.1) is 0 Å². The highest BCUT2D eigenvalue weighted by molar-refractivity contribution is 5.94. The number of nitrogens with zero attached hydrogens (tertiary/aromatic N) is 1. The van der Waals surface area contributed by atoms with Gasteiger partial charge in [0.1, 0.15) is 11.5 Å². The minimum absolute atomic E-state index is 0.00782. The molecule has 6 heteroatoms. The predicted octanol–water partition coefficient (Wildman–Crippen LogP) is 3.04. The van der Waals surface area contributed by atoms with Crippen molar-refractivity contribution in [1.82, 2.24) is 4.98 Å². The maximum Gasteiger partial charge on any atom is 0.417 e. The highest BCUT2D eigenvalue weighted by atomic mass is 19.4. The number of hydrogen-bond acceptors (Lipinski definition) is 3. The van der Waals surface area contributed by atoms with E-state index in [4.69, 9.17) is 0 Å². The van der Waals surface area contributed by atoms with E-state index < -0.39 is 11.7 Å². The molecule has 1 heterocycles. The van der Waals surface area contributed by atoms with Crippen LogP contribution < -0.4 is 0 Å². The summed E-state index contributed by atoms with van der Waals surface area (Å²) in [6.07, 6.45) is -3.04. The second-order valence-electron chi connectivity index (χ2n) is 3.91. The van der Waals surface area contributed by atoms with Gasteiger partial charge in [0.25, 0.3) is 0 Å². The standard InChI is InChI=1S/C12H12F3NO2/c1-8(17)3-2-4-11(18)10-6-5-9(7-16-10)12(13,14)15/h5-7H,2-4H2,1H3. The van der Waals surface area contributed by atoms with Gasteiger partial charge in [-0.05, 0) is 25.5 Å². The molecule has 0 radical (unpaired) electrons. The molecule has 0 saturated carbocycles. The molecule has 0 fully saturated rings. The van der Waals surface area contributed by atoms with Crippen molar-refractivity contribution < 1.29 is 22.8 Å². The van der Waals surface area contributed by atoms with E-state index in [-0.39, 0.29) is 30.1 Å². The number of aromatic nitrogens is 1. The molecule has 0 aliphatic heterocycles. The van der Waals surface area contributed by atoms with Gasteiger partial charge in [-0.1, -0.05) is 0 Å². The quantitative estimate of drug-likeness (QED) is 0.763. The zero-order valence-corrected chi connectivity index (χ0v) is 9.75. The summed E-state index contributed by atoms with van der Waals surface area (Å²) in [6, 6.07) is 1.88. The zero-order chi connectivity index (χ0) is 13.8. The number of Topliss-reactive ketones (excluding diaryl/α,β-unsaturated/α-hetero) is 2. The number of ketones is 2. The Labute approximate surface area is 102 Å². The molecule has 0 saturated heterocycles. The SMILES string of the molecule is CC(=O)CCCC(=O)c1ccc(C(F)(F)F)cn1. The van der Waals surface area contributed by atoms with Gasteiger partial charge in [0.2, 0.25) is 0 Å². The fraction of sp³-hybridized carbons (Fsp3) is 0.417. The summed E-state index contributed by atoms with van der Waals surface area (Å²) in [5, 5.41) is 0. The van der Waals surface area contributed by atoms with Crippen molar-refractivity contribution in [3.8, 4) is 0 Å². The van der Waals surface area contributed by atoms with E-state index >= 15 is 0 Å². The Balaban J connectivity index is 2.62. The Morgan fingerprint density at radius 1 is 1.22 bits per heavy atom. The van der Waals surface area contributed by atoms with Crippen LogP contribution in [0.25, 0.3) is 0 Å². The normalized spacial score (nSPS) is 11.3. The van der Waals surface area contributed by atoms with E-state index in [2.05, 4.69) is 4.98 Å². The summed E-state index contributed by atoms with van der Waals surface area (Å²) in [4.78, 5) is 25.7. The molecule has 0 unspecified atom stereocenters. The predicted molar refractivity (Wildman–Crippen MR) is 58.1 cm³/mol. The number of rotatable bonds is 5. The summed E-state index contributed by atoms with van der Waals surface area (Å²) in [6.45, 7) is 1.42. The first-order chi connectivity index (χ1) is 8.30. The van der Waals surface area contributed by atoms with Crippen LogP contribution >= 0.6 is 0 Å². The lowest BCUT2D eigenvalue weighted by Gasteiger charge is -2.06. The van der Waals surface area contributed by atoms with Gasteiger partial charge in [-0.3, -0.25) is 9.78 Å². The molecular formula is C12H12F3NO2. The van der Waals surface area contributed by atoms with Crippen LogP contribution in [0.5, 0.6) is 0 Å². The summed E-state index contributed by atoms with van der Waals surface area (Å²) < 4.78 is 36.7. The van der Waals surface area contributed by atoms with Crippen LogP contribution in [0.4, 0.5) is 13.2 Å². The minimum atomic E-state index is -4.46. The molecule has 18 heavy (non-hydrogen) atoms. The van der Waals surface area contributed by atoms with Crippen LogP contribution in [0, 0.1) is 0 Å². The van der Waals surface area contributed by atoms with E-state index in [1.165, 1.54) is 6.92 Å². The lowest BCUT2D eigenvalue weighted by atomic mass is 10.1. The van der Waals surface area contributed by atoms with Crippen LogP contribution in [-0.4, -0.2) is 16.6 Å². The molecule has 0 bridgehead atoms. The zero-order valence-electron chi connectivity index (χ0n) is 9.75. The molecule has 0 aromatic carbocycles.